The van der Waals surface area contributed by atoms with Crippen LogP contribution in [-0.2, 0) is 0 Å². The molecule has 0 bridgehead atoms. The van der Waals surface area contributed by atoms with Crippen molar-refractivity contribution in [2.45, 2.75) is 0 Å². The number of hydrogen-bond donors (Lipinski definition) is 2. The molecular formula is C12H5FN6. The summed E-state index contributed by atoms with van der Waals surface area (Å²) < 4.78 is 14.1. The number of hydrogen-bond acceptors (Lipinski definition) is 5. The van der Waals surface area contributed by atoms with Crippen molar-refractivity contribution < 1.29 is 4.39 Å². The van der Waals surface area contributed by atoms with E-state index in [1.807, 2.05) is 0 Å². The van der Waals surface area contributed by atoms with E-state index < -0.39 is 11.4 Å². The Hall–Kier alpha value is -3.37. The van der Waals surface area contributed by atoms with Gasteiger partial charge in [0.15, 0.2) is 11.4 Å². The lowest BCUT2D eigenvalue weighted by atomic mass is 10.2. The molecule has 0 radical (unpaired) electrons. The average Bonchev–Trinajstić information content (AvgIpc) is 2.90. The third-order valence-electron chi connectivity index (χ3n) is 2.40. The molecule has 0 aliphatic carbocycles. The van der Waals surface area contributed by atoms with Crippen LogP contribution in [0.15, 0.2) is 29.6 Å². The van der Waals surface area contributed by atoms with Gasteiger partial charge in [0.2, 0.25) is 0 Å². The molecule has 1 heterocycles. The molecule has 0 spiro atoms. The first-order valence-electron chi connectivity index (χ1n) is 5.04. The Morgan fingerprint density at radius 2 is 1.95 bits per heavy atom. The molecule has 0 atom stereocenters. The van der Waals surface area contributed by atoms with Crippen LogP contribution in [0.2, 0.25) is 0 Å². The minimum absolute atomic E-state index is 0.00606. The molecule has 7 heteroatoms. The topological polar surface area (TPSA) is 112 Å². The molecule has 1 aromatic heterocycles. The van der Waals surface area contributed by atoms with Gasteiger partial charge in [-0.15, -0.1) is 0 Å². The van der Waals surface area contributed by atoms with E-state index in [1.165, 1.54) is 12.3 Å². The molecule has 0 fully saturated rings. The summed E-state index contributed by atoms with van der Waals surface area (Å²) in [5.41, 5.74) is -0.208. The summed E-state index contributed by atoms with van der Waals surface area (Å²) in [4.78, 5) is 0. The van der Waals surface area contributed by atoms with Crippen LogP contribution in [0.25, 0.3) is 10.9 Å². The van der Waals surface area contributed by atoms with Gasteiger partial charge in [0.1, 0.15) is 23.9 Å². The second kappa shape index (κ2) is 4.87. The number of rotatable bonds is 2. The summed E-state index contributed by atoms with van der Waals surface area (Å²) in [7, 11) is 0. The molecule has 2 N–H and O–H groups in total. The summed E-state index contributed by atoms with van der Waals surface area (Å²) >= 11 is 0. The SMILES string of the molecule is N#CC(C#N)=C(C#N)Nc1ccc2[nH]ncc2c1F. The van der Waals surface area contributed by atoms with E-state index in [4.69, 9.17) is 15.8 Å². The van der Waals surface area contributed by atoms with E-state index in [-0.39, 0.29) is 16.8 Å². The molecular weight excluding hydrogens is 247 g/mol. The van der Waals surface area contributed by atoms with Crippen LogP contribution in [-0.4, -0.2) is 10.2 Å². The number of aromatic amines is 1. The number of allylic oxidation sites excluding steroid dienone is 2. The molecule has 0 aliphatic heterocycles. The van der Waals surface area contributed by atoms with Crippen molar-refractivity contribution in [2.24, 2.45) is 0 Å². The van der Waals surface area contributed by atoms with Gasteiger partial charge in [-0.1, -0.05) is 0 Å². The van der Waals surface area contributed by atoms with Gasteiger partial charge in [0, 0.05) is 0 Å². The highest BCUT2D eigenvalue weighted by molar-refractivity contribution is 5.83. The highest BCUT2D eigenvalue weighted by Crippen LogP contribution is 2.24. The van der Waals surface area contributed by atoms with Crippen molar-refractivity contribution in [3.8, 4) is 18.2 Å². The molecule has 0 saturated carbocycles. The van der Waals surface area contributed by atoms with Crippen LogP contribution in [0.5, 0.6) is 0 Å². The molecule has 2 rings (SSSR count). The quantitative estimate of drug-likeness (QED) is 0.793. The number of H-pyrrole nitrogens is 1. The van der Waals surface area contributed by atoms with Gasteiger partial charge >= 0.3 is 0 Å². The zero-order valence-electron chi connectivity index (χ0n) is 9.40. The summed E-state index contributed by atoms with van der Waals surface area (Å²) in [5.74, 6) is -0.616. The Morgan fingerprint density at radius 1 is 1.21 bits per heavy atom. The number of benzene rings is 1. The smallest absolute Gasteiger partial charge is 0.163 e. The lowest BCUT2D eigenvalue weighted by molar-refractivity contribution is 0.643. The molecule has 2 aromatic rings. The van der Waals surface area contributed by atoms with Crippen molar-refractivity contribution in [3.05, 3.63) is 35.4 Å². The fraction of sp³-hybridized carbons (Fsp3) is 0. The molecule has 19 heavy (non-hydrogen) atoms. The van der Waals surface area contributed by atoms with Crippen molar-refractivity contribution in [1.29, 1.82) is 15.8 Å². The second-order valence-electron chi connectivity index (χ2n) is 3.47. The molecule has 0 amide bonds. The fourth-order valence-corrected chi connectivity index (χ4v) is 1.50. The van der Waals surface area contributed by atoms with E-state index in [0.29, 0.717) is 5.52 Å². The van der Waals surface area contributed by atoms with Crippen LogP contribution < -0.4 is 5.32 Å². The zero-order chi connectivity index (χ0) is 13.8. The normalized spacial score (nSPS) is 9.16. The van der Waals surface area contributed by atoms with E-state index in [1.54, 1.807) is 24.3 Å². The minimum atomic E-state index is -0.616. The molecule has 0 aliphatic rings. The van der Waals surface area contributed by atoms with Gasteiger partial charge in [-0.3, -0.25) is 5.10 Å². The van der Waals surface area contributed by atoms with Crippen molar-refractivity contribution >= 4 is 16.6 Å². The summed E-state index contributed by atoms with van der Waals surface area (Å²) in [6, 6.07) is 7.75. The Kier molecular flexibility index (Phi) is 3.10. The number of halogens is 1. The second-order valence-corrected chi connectivity index (χ2v) is 3.47. The van der Waals surface area contributed by atoms with E-state index in [0.717, 1.165) is 0 Å². The molecule has 0 unspecified atom stereocenters. The molecule has 6 nitrogen and oxygen atoms in total. The van der Waals surface area contributed by atoms with Crippen molar-refractivity contribution in [1.82, 2.24) is 10.2 Å². The molecule has 90 valence electrons. The predicted molar refractivity (Wildman–Crippen MR) is 63.5 cm³/mol. The van der Waals surface area contributed by atoms with Gasteiger partial charge < -0.3 is 5.32 Å². The van der Waals surface area contributed by atoms with Gasteiger partial charge in [-0.2, -0.15) is 20.9 Å². The van der Waals surface area contributed by atoms with Crippen LogP contribution >= 0.6 is 0 Å². The first-order valence-corrected chi connectivity index (χ1v) is 5.04. The summed E-state index contributed by atoms with van der Waals surface area (Å²) in [5, 5.41) is 35.2. The Balaban J connectivity index is 2.51. The van der Waals surface area contributed by atoms with Crippen molar-refractivity contribution in [2.75, 3.05) is 5.32 Å². The number of aromatic nitrogens is 2. The minimum Gasteiger partial charge on any atom is -0.343 e. The third kappa shape index (κ3) is 2.06. The van der Waals surface area contributed by atoms with E-state index >= 15 is 0 Å². The number of nitriles is 3. The third-order valence-corrected chi connectivity index (χ3v) is 2.40. The summed E-state index contributed by atoms with van der Waals surface area (Å²) in [6.45, 7) is 0. The maximum atomic E-state index is 14.1. The average molecular weight is 252 g/mol. The van der Waals surface area contributed by atoms with Crippen LogP contribution in [0.4, 0.5) is 10.1 Å². The number of fused-ring (bicyclic) bond motifs is 1. The van der Waals surface area contributed by atoms with Crippen LogP contribution in [0.1, 0.15) is 0 Å². The first-order chi connectivity index (χ1) is 9.21. The van der Waals surface area contributed by atoms with Crippen LogP contribution in [0.3, 0.4) is 0 Å². The zero-order valence-corrected chi connectivity index (χ0v) is 9.40. The maximum absolute atomic E-state index is 14.1. The summed E-state index contributed by atoms with van der Waals surface area (Å²) in [6.07, 6.45) is 1.31. The van der Waals surface area contributed by atoms with Gasteiger partial charge in [-0.05, 0) is 12.1 Å². The van der Waals surface area contributed by atoms with Gasteiger partial charge in [0.05, 0.1) is 22.8 Å². The highest BCUT2D eigenvalue weighted by atomic mass is 19.1. The van der Waals surface area contributed by atoms with Gasteiger partial charge in [0.25, 0.3) is 0 Å². The molecule has 1 aromatic carbocycles. The monoisotopic (exact) mass is 252 g/mol. The number of anilines is 1. The van der Waals surface area contributed by atoms with Gasteiger partial charge in [-0.25, -0.2) is 4.39 Å². The maximum Gasteiger partial charge on any atom is 0.163 e. The Morgan fingerprint density at radius 3 is 2.58 bits per heavy atom. The fourth-order valence-electron chi connectivity index (χ4n) is 1.50. The van der Waals surface area contributed by atoms with E-state index in [2.05, 4.69) is 15.5 Å². The molecule has 0 saturated heterocycles. The number of nitrogens with zero attached hydrogens (tertiary/aromatic N) is 4. The number of nitrogens with one attached hydrogen (secondary N) is 2. The predicted octanol–water partition coefficient (Wildman–Crippen LogP) is 1.94. The standard InChI is InChI=1S/C12H5FN6/c13-12-8-6-17-19-9(8)1-2-10(12)18-11(5-16)7(3-14)4-15/h1-2,6,18H,(H,17,19). The largest absolute Gasteiger partial charge is 0.343 e. The lowest BCUT2D eigenvalue weighted by Gasteiger charge is -2.06. The lowest BCUT2D eigenvalue weighted by Crippen LogP contribution is -2.02. The Bertz CT molecular complexity index is 780. The highest BCUT2D eigenvalue weighted by Gasteiger charge is 2.12. The first kappa shape index (κ1) is 12.1. The van der Waals surface area contributed by atoms with Crippen molar-refractivity contribution in [3.63, 3.8) is 0 Å². The Labute approximate surface area is 107 Å². The van der Waals surface area contributed by atoms with E-state index in [9.17, 15) is 4.39 Å². The van der Waals surface area contributed by atoms with Crippen LogP contribution in [0, 0.1) is 39.8 Å².